The van der Waals surface area contributed by atoms with Gasteiger partial charge in [-0.3, -0.25) is 3.63 Å². The van der Waals surface area contributed by atoms with Crippen molar-refractivity contribution in [1.82, 2.24) is 0 Å². The third-order valence-corrected chi connectivity index (χ3v) is 14.0. The third kappa shape index (κ3) is 4.98. The van der Waals surface area contributed by atoms with Crippen LogP contribution in [0.2, 0.25) is 0 Å². The molecular formula is C31H33F2O6S2+. The van der Waals surface area contributed by atoms with Crippen LogP contribution in [-0.2, 0) is 19.6 Å². The van der Waals surface area contributed by atoms with Gasteiger partial charge in [0.05, 0.1) is 37.2 Å². The second kappa shape index (κ2) is 10.2. The van der Waals surface area contributed by atoms with Gasteiger partial charge in [-0.05, 0) is 86.8 Å². The summed E-state index contributed by atoms with van der Waals surface area (Å²) < 4.78 is 67.7. The van der Waals surface area contributed by atoms with Crippen molar-refractivity contribution in [2.45, 2.75) is 64.1 Å². The Labute approximate surface area is 240 Å². The molecule has 6 nitrogen and oxygen atoms in total. The SMILES string of the molecule is O=C(OCC12CC3CC(CC(O)(C3)C1)C2)C(F)(F)S(=O)(=O)[OH+]S(c1ccccc1)(c1ccccc1)c1ccccc1. The number of benzene rings is 3. The Morgan fingerprint density at radius 3 is 1.68 bits per heavy atom. The highest BCUT2D eigenvalue weighted by Crippen LogP contribution is 2.69. The maximum absolute atomic E-state index is 15.7. The zero-order chi connectivity index (χ0) is 28.9. The number of alkyl halides is 2. The van der Waals surface area contributed by atoms with Gasteiger partial charge in [-0.2, -0.15) is 8.78 Å². The van der Waals surface area contributed by atoms with Crippen LogP contribution in [0.1, 0.15) is 38.5 Å². The van der Waals surface area contributed by atoms with Crippen molar-refractivity contribution in [1.29, 1.82) is 0 Å². The largest absolute Gasteiger partial charge is 0.514 e. The van der Waals surface area contributed by atoms with Crippen LogP contribution in [0.5, 0.6) is 0 Å². The smallest absolute Gasteiger partial charge is 0.460 e. The molecule has 4 aliphatic carbocycles. The predicted octanol–water partition coefficient (Wildman–Crippen LogP) is 6.77. The van der Waals surface area contributed by atoms with E-state index < -0.39 is 42.7 Å². The predicted molar refractivity (Wildman–Crippen MR) is 151 cm³/mol. The molecule has 41 heavy (non-hydrogen) atoms. The van der Waals surface area contributed by atoms with E-state index in [1.165, 1.54) is 0 Å². The molecule has 218 valence electrons. The molecule has 0 heterocycles. The summed E-state index contributed by atoms with van der Waals surface area (Å²) in [6, 6.07) is 25.3. The molecule has 4 fully saturated rings. The van der Waals surface area contributed by atoms with Gasteiger partial charge in [0.25, 0.3) is 0 Å². The molecule has 4 aliphatic rings. The minimum absolute atomic E-state index is 0.256. The Balaban J connectivity index is 1.33. The molecule has 4 bridgehead atoms. The molecule has 2 unspecified atom stereocenters. The normalized spacial score (nSPS) is 27.9. The summed E-state index contributed by atoms with van der Waals surface area (Å²) in [7, 11) is -8.90. The van der Waals surface area contributed by atoms with Crippen molar-refractivity contribution in [2.24, 2.45) is 17.3 Å². The van der Waals surface area contributed by atoms with E-state index in [2.05, 4.69) is 3.63 Å². The molecule has 2 N–H and O–H groups in total. The Morgan fingerprint density at radius 1 is 0.829 bits per heavy atom. The molecule has 2 atom stereocenters. The molecule has 4 saturated carbocycles. The first-order valence-electron chi connectivity index (χ1n) is 13.7. The molecule has 0 aromatic heterocycles. The summed E-state index contributed by atoms with van der Waals surface area (Å²) in [6.45, 7) is -0.347. The van der Waals surface area contributed by atoms with E-state index in [4.69, 9.17) is 4.74 Å². The Morgan fingerprint density at radius 2 is 1.27 bits per heavy atom. The fourth-order valence-corrected chi connectivity index (χ4v) is 12.9. The van der Waals surface area contributed by atoms with Crippen LogP contribution in [0, 0.1) is 17.3 Å². The second-order valence-corrected chi connectivity index (χ2v) is 16.5. The number of aliphatic hydroxyl groups is 1. The number of ether oxygens (including phenoxy) is 1. The minimum Gasteiger partial charge on any atom is -0.460 e. The average Bonchev–Trinajstić information content (AvgIpc) is 2.94. The van der Waals surface area contributed by atoms with Crippen molar-refractivity contribution < 1.29 is 35.5 Å². The van der Waals surface area contributed by atoms with Gasteiger partial charge in [-0.15, -0.1) is 8.42 Å². The van der Waals surface area contributed by atoms with Crippen molar-refractivity contribution in [2.75, 3.05) is 6.61 Å². The van der Waals surface area contributed by atoms with Crippen molar-refractivity contribution in [3.8, 4) is 0 Å². The minimum atomic E-state index is -5.75. The molecule has 0 aliphatic heterocycles. The van der Waals surface area contributed by atoms with Crippen molar-refractivity contribution in [3.63, 3.8) is 0 Å². The lowest BCUT2D eigenvalue weighted by atomic mass is 9.48. The monoisotopic (exact) mass is 603 g/mol. The molecule has 3 aromatic rings. The molecule has 3 aromatic carbocycles. The quantitative estimate of drug-likeness (QED) is 0.165. The molecule has 0 amide bonds. The highest BCUT2D eigenvalue weighted by atomic mass is 32.3. The van der Waals surface area contributed by atoms with Crippen LogP contribution in [0.4, 0.5) is 8.78 Å². The number of carbonyl (C=O) groups excluding carboxylic acids is 1. The summed E-state index contributed by atoms with van der Waals surface area (Å²) in [5, 5.41) is 6.06. The lowest BCUT2D eigenvalue weighted by molar-refractivity contribution is -0.193. The third-order valence-electron chi connectivity index (χ3n) is 8.69. The summed E-state index contributed by atoms with van der Waals surface area (Å²) in [5.74, 6) is -1.62. The average molecular weight is 604 g/mol. The lowest BCUT2D eigenvalue weighted by Gasteiger charge is -2.59. The molecule has 0 radical (unpaired) electrons. The number of hydrogen-bond acceptors (Lipinski definition) is 5. The second-order valence-electron chi connectivity index (χ2n) is 11.8. The zero-order valence-corrected chi connectivity index (χ0v) is 24.0. The summed E-state index contributed by atoms with van der Waals surface area (Å²) in [5.41, 5.74) is -1.48. The maximum atomic E-state index is 15.7. The standard InChI is InChI=1S/C31H32F2O6S2/c32-31(33,28(34)38-22-29-17-23-16-24(18-29)20-30(35,19-23)21-29)41(36,37)39-40(25-10-4-1-5-11-25,26-12-6-2-7-13-26)27-14-8-3-9-15-27/h1-15,23-24,35H,16-22H2/p+1. The molecule has 10 heteroatoms. The van der Waals surface area contributed by atoms with Crippen LogP contribution >= 0.6 is 10.3 Å². The lowest BCUT2D eigenvalue weighted by Crippen LogP contribution is -2.57. The molecule has 7 rings (SSSR count). The number of halogens is 2. The first-order chi connectivity index (χ1) is 19.5. The summed E-state index contributed by atoms with van der Waals surface area (Å²) in [4.78, 5) is 14.2. The first-order valence-corrected chi connectivity index (χ1v) is 16.7. The number of esters is 1. The van der Waals surface area contributed by atoms with Gasteiger partial charge in [-0.1, -0.05) is 54.6 Å². The number of rotatable bonds is 9. The van der Waals surface area contributed by atoms with E-state index in [9.17, 15) is 18.3 Å². The Hall–Kier alpha value is -2.79. The fourth-order valence-electron chi connectivity index (χ4n) is 7.56. The van der Waals surface area contributed by atoms with Crippen LogP contribution < -0.4 is 0 Å². The summed E-state index contributed by atoms with van der Waals surface area (Å²) >= 11 is 0. The van der Waals surface area contributed by atoms with Gasteiger partial charge in [-0.25, -0.2) is 4.79 Å². The number of carbonyl (C=O) groups is 1. The van der Waals surface area contributed by atoms with Crippen LogP contribution in [0.25, 0.3) is 0 Å². The maximum Gasteiger partial charge on any atom is 0.514 e. The van der Waals surface area contributed by atoms with Gasteiger partial charge >= 0.3 is 21.3 Å². The van der Waals surface area contributed by atoms with E-state index in [0.717, 1.165) is 6.42 Å². The van der Waals surface area contributed by atoms with Crippen LogP contribution in [-0.4, -0.2) is 40.6 Å². The van der Waals surface area contributed by atoms with E-state index >= 15 is 8.78 Å². The Bertz CT molecular complexity index is 1410. The van der Waals surface area contributed by atoms with Crippen LogP contribution in [0.15, 0.2) is 106 Å². The highest BCUT2D eigenvalue weighted by molar-refractivity contribution is 8.32. The van der Waals surface area contributed by atoms with E-state index in [0.29, 0.717) is 46.8 Å². The fraction of sp³-hybridized carbons (Fsp3) is 0.387. The van der Waals surface area contributed by atoms with Gasteiger partial charge in [0.1, 0.15) is 0 Å². The van der Waals surface area contributed by atoms with E-state index in [1.54, 1.807) is 91.0 Å². The summed E-state index contributed by atoms with van der Waals surface area (Å²) in [6.07, 6.45) is 4.03. The Kier molecular flexibility index (Phi) is 7.04. The van der Waals surface area contributed by atoms with Crippen LogP contribution in [0.3, 0.4) is 0 Å². The van der Waals surface area contributed by atoms with E-state index in [-0.39, 0.29) is 18.4 Å². The molecule has 0 spiro atoms. The molecule has 0 saturated heterocycles. The van der Waals surface area contributed by atoms with Gasteiger partial charge in [0.2, 0.25) is 0 Å². The van der Waals surface area contributed by atoms with Gasteiger partial charge < -0.3 is 9.84 Å². The highest BCUT2D eigenvalue weighted by Gasteiger charge is 2.64. The topological polar surface area (TPSA) is 93.5 Å². The zero-order valence-electron chi connectivity index (χ0n) is 22.4. The molecular weight excluding hydrogens is 570 g/mol. The van der Waals surface area contributed by atoms with Gasteiger partial charge in [0.15, 0.2) is 0 Å². The first kappa shape index (κ1) is 28.3. The van der Waals surface area contributed by atoms with E-state index in [1.807, 2.05) is 0 Å². The van der Waals surface area contributed by atoms with Crippen molar-refractivity contribution in [3.05, 3.63) is 91.0 Å². The van der Waals surface area contributed by atoms with Crippen molar-refractivity contribution >= 4 is 26.4 Å². The number of hydrogen-bond donors (Lipinski definition) is 1. The van der Waals surface area contributed by atoms with Gasteiger partial charge in [0, 0.05) is 5.41 Å².